The van der Waals surface area contributed by atoms with Crippen LogP contribution < -0.4 is 16.0 Å². The summed E-state index contributed by atoms with van der Waals surface area (Å²) in [6, 6.07) is 5.38. The highest BCUT2D eigenvalue weighted by molar-refractivity contribution is 5.95. The lowest BCUT2D eigenvalue weighted by Gasteiger charge is -2.11. The van der Waals surface area contributed by atoms with Crippen molar-refractivity contribution in [1.82, 2.24) is 5.32 Å². The van der Waals surface area contributed by atoms with Crippen LogP contribution >= 0.6 is 0 Å². The maximum atomic E-state index is 11.7. The highest BCUT2D eigenvalue weighted by atomic mass is 16.2. The molecule has 0 aliphatic heterocycles. The molecule has 0 aliphatic rings. The first-order valence-corrected chi connectivity index (χ1v) is 6.41. The lowest BCUT2D eigenvalue weighted by molar-refractivity contribution is -0.116. The van der Waals surface area contributed by atoms with Gasteiger partial charge in [-0.2, -0.15) is 0 Å². The van der Waals surface area contributed by atoms with Crippen LogP contribution in [0.2, 0.25) is 0 Å². The van der Waals surface area contributed by atoms with Gasteiger partial charge < -0.3 is 10.6 Å². The molecule has 5 heteroatoms. The standard InChI is InChI=1S/C15H19N3O2/c1-4-8-16-10-15(20)18-13-9-12(7-6-11(13)3)17-14(19)5-2/h1,6-7,9,16H,5,8,10H2,2-3H3,(H,17,19)(H,18,20). The number of carbonyl (C=O) groups is 2. The van der Waals surface area contributed by atoms with Crippen LogP contribution in [0, 0.1) is 19.3 Å². The molecule has 0 spiro atoms. The lowest BCUT2D eigenvalue weighted by Crippen LogP contribution is -2.28. The van der Waals surface area contributed by atoms with E-state index in [-0.39, 0.29) is 18.4 Å². The minimum atomic E-state index is -0.178. The molecule has 0 bridgehead atoms. The van der Waals surface area contributed by atoms with Gasteiger partial charge in [-0.3, -0.25) is 14.9 Å². The Labute approximate surface area is 119 Å². The van der Waals surface area contributed by atoms with Crippen molar-refractivity contribution in [2.24, 2.45) is 0 Å². The average molecular weight is 273 g/mol. The van der Waals surface area contributed by atoms with E-state index in [2.05, 4.69) is 21.9 Å². The molecule has 0 radical (unpaired) electrons. The van der Waals surface area contributed by atoms with Gasteiger partial charge in [-0.15, -0.1) is 6.42 Å². The Hall–Kier alpha value is -2.32. The predicted octanol–water partition coefficient (Wildman–Crippen LogP) is 1.50. The van der Waals surface area contributed by atoms with E-state index in [0.29, 0.717) is 24.3 Å². The minimum absolute atomic E-state index is 0.0678. The number of rotatable bonds is 6. The summed E-state index contributed by atoms with van der Waals surface area (Å²) in [5.41, 5.74) is 2.26. The first-order chi connectivity index (χ1) is 9.56. The molecule has 1 aromatic carbocycles. The fraction of sp³-hybridized carbons (Fsp3) is 0.333. The number of carbonyl (C=O) groups excluding carboxylic acids is 2. The van der Waals surface area contributed by atoms with Crippen LogP contribution in [-0.2, 0) is 9.59 Å². The van der Waals surface area contributed by atoms with E-state index in [1.165, 1.54) is 0 Å². The van der Waals surface area contributed by atoms with Crippen molar-refractivity contribution in [2.45, 2.75) is 20.3 Å². The average Bonchev–Trinajstić information content (AvgIpc) is 2.42. The van der Waals surface area contributed by atoms with Gasteiger partial charge in [0.05, 0.1) is 13.1 Å². The molecule has 0 fully saturated rings. The van der Waals surface area contributed by atoms with Gasteiger partial charge in [0.2, 0.25) is 11.8 Å². The third-order valence-corrected chi connectivity index (χ3v) is 2.63. The van der Waals surface area contributed by atoms with Crippen molar-refractivity contribution < 1.29 is 9.59 Å². The molecule has 0 saturated carbocycles. The fourth-order valence-electron chi connectivity index (χ4n) is 1.53. The Morgan fingerprint density at radius 2 is 2.00 bits per heavy atom. The fourth-order valence-corrected chi connectivity index (χ4v) is 1.53. The molecule has 2 amide bonds. The molecule has 1 rings (SSSR count). The number of hydrogen-bond donors (Lipinski definition) is 3. The molecule has 0 heterocycles. The van der Waals surface area contributed by atoms with E-state index in [9.17, 15) is 9.59 Å². The monoisotopic (exact) mass is 273 g/mol. The normalized spacial score (nSPS) is 9.65. The van der Waals surface area contributed by atoms with E-state index in [0.717, 1.165) is 5.56 Å². The van der Waals surface area contributed by atoms with Crippen LogP contribution in [0.3, 0.4) is 0 Å². The Bertz CT molecular complexity index is 532. The van der Waals surface area contributed by atoms with Gasteiger partial charge in [0.1, 0.15) is 0 Å². The smallest absolute Gasteiger partial charge is 0.238 e. The van der Waals surface area contributed by atoms with E-state index in [4.69, 9.17) is 6.42 Å². The van der Waals surface area contributed by atoms with Crippen LogP contribution in [0.25, 0.3) is 0 Å². The first kappa shape index (κ1) is 15.7. The Morgan fingerprint density at radius 1 is 1.25 bits per heavy atom. The van der Waals surface area contributed by atoms with Crippen LogP contribution in [-0.4, -0.2) is 24.9 Å². The van der Waals surface area contributed by atoms with E-state index < -0.39 is 0 Å². The molecule has 20 heavy (non-hydrogen) atoms. The van der Waals surface area contributed by atoms with Gasteiger partial charge in [-0.05, 0) is 24.6 Å². The van der Waals surface area contributed by atoms with Crippen molar-refractivity contribution in [3.63, 3.8) is 0 Å². The second-order valence-electron chi connectivity index (χ2n) is 4.29. The van der Waals surface area contributed by atoms with Crippen LogP contribution in [0.4, 0.5) is 11.4 Å². The quantitative estimate of drug-likeness (QED) is 0.543. The largest absolute Gasteiger partial charge is 0.326 e. The van der Waals surface area contributed by atoms with Gasteiger partial charge in [0.15, 0.2) is 0 Å². The summed E-state index contributed by atoms with van der Waals surface area (Å²) >= 11 is 0. The topological polar surface area (TPSA) is 70.2 Å². The van der Waals surface area contributed by atoms with Gasteiger partial charge in [-0.25, -0.2) is 0 Å². The predicted molar refractivity (Wildman–Crippen MR) is 80.4 cm³/mol. The molecule has 0 saturated heterocycles. The zero-order valence-electron chi connectivity index (χ0n) is 11.7. The molecule has 0 atom stereocenters. The number of anilines is 2. The number of amides is 2. The van der Waals surface area contributed by atoms with Crippen LogP contribution in [0.1, 0.15) is 18.9 Å². The molecule has 1 aromatic rings. The number of nitrogens with one attached hydrogen (secondary N) is 3. The Balaban J connectivity index is 2.69. The van der Waals surface area contributed by atoms with Gasteiger partial charge in [0.25, 0.3) is 0 Å². The van der Waals surface area contributed by atoms with Crippen molar-refractivity contribution in [2.75, 3.05) is 23.7 Å². The molecule has 3 N–H and O–H groups in total. The molecule has 0 unspecified atom stereocenters. The van der Waals surface area contributed by atoms with Crippen molar-refractivity contribution in [1.29, 1.82) is 0 Å². The zero-order chi connectivity index (χ0) is 15.0. The molecular weight excluding hydrogens is 254 g/mol. The summed E-state index contributed by atoms with van der Waals surface area (Å²) in [6.07, 6.45) is 5.49. The van der Waals surface area contributed by atoms with E-state index >= 15 is 0 Å². The van der Waals surface area contributed by atoms with Crippen molar-refractivity contribution >= 4 is 23.2 Å². The maximum absolute atomic E-state index is 11.7. The van der Waals surface area contributed by atoms with Crippen LogP contribution in [0.5, 0.6) is 0 Å². The Kier molecular flexibility index (Phi) is 6.27. The van der Waals surface area contributed by atoms with Crippen LogP contribution in [0.15, 0.2) is 18.2 Å². The molecule has 106 valence electrons. The highest BCUT2D eigenvalue weighted by Gasteiger charge is 2.06. The first-order valence-electron chi connectivity index (χ1n) is 6.41. The summed E-state index contributed by atoms with van der Waals surface area (Å²) < 4.78 is 0. The minimum Gasteiger partial charge on any atom is -0.326 e. The number of terminal acetylenes is 1. The second-order valence-corrected chi connectivity index (χ2v) is 4.29. The van der Waals surface area contributed by atoms with E-state index in [1.54, 1.807) is 19.1 Å². The second kappa shape index (κ2) is 7.97. The Morgan fingerprint density at radius 3 is 2.65 bits per heavy atom. The van der Waals surface area contributed by atoms with Crippen molar-refractivity contribution in [3.05, 3.63) is 23.8 Å². The van der Waals surface area contributed by atoms with Crippen molar-refractivity contribution in [3.8, 4) is 12.3 Å². The third kappa shape index (κ3) is 5.12. The summed E-state index contributed by atoms with van der Waals surface area (Å²) in [6.45, 7) is 4.16. The summed E-state index contributed by atoms with van der Waals surface area (Å²) in [5.74, 6) is 2.15. The zero-order valence-corrected chi connectivity index (χ0v) is 11.7. The summed E-state index contributed by atoms with van der Waals surface area (Å²) in [7, 11) is 0. The molecule has 5 nitrogen and oxygen atoms in total. The SMILES string of the molecule is C#CCNCC(=O)Nc1cc(NC(=O)CC)ccc1C. The number of benzene rings is 1. The van der Waals surface area contributed by atoms with Gasteiger partial charge in [0, 0.05) is 17.8 Å². The van der Waals surface area contributed by atoms with Gasteiger partial charge >= 0.3 is 0 Å². The summed E-state index contributed by atoms with van der Waals surface area (Å²) in [4.78, 5) is 23.0. The molecule has 0 aliphatic carbocycles. The molecular formula is C15H19N3O2. The lowest BCUT2D eigenvalue weighted by atomic mass is 10.1. The van der Waals surface area contributed by atoms with Gasteiger partial charge in [-0.1, -0.05) is 18.9 Å². The maximum Gasteiger partial charge on any atom is 0.238 e. The summed E-state index contributed by atoms with van der Waals surface area (Å²) in [5, 5.41) is 8.34. The van der Waals surface area contributed by atoms with E-state index in [1.807, 2.05) is 13.0 Å². The third-order valence-electron chi connectivity index (χ3n) is 2.63. The highest BCUT2D eigenvalue weighted by Crippen LogP contribution is 2.20. The number of hydrogen-bond acceptors (Lipinski definition) is 3. The molecule has 0 aromatic heterocycles. The number of aryl methyl sites for hydroxylation is 1.